The van der Waals surface area contributed by atoms with E-state index in [9.17, 15) is 0 Å². The van der Waals surface area contributed by atoms with Crippen molar-refractivity contribution in [2.45, 2.75) is 39.0 Å². The van der Waals surface area contributed by atoms with Crippen LogP contribution in [0.3, 0.4) is 0 Å². The predicted molar refractivity (Wildman–Crippen MR) is 71.9 cm³/mol. The number of pyridine rings is 1. The third-order valence-corrected chi connectivity index (χ3v) is 3.85. The molecule has 0 aromatic carbocycles. The van der Waals surface area contributed by atoms with Crippen molar-refractivity contribution in [1.82, 2.24) is 10.3 Å². The zero-order valence-corrected chi connectivity index (χ0v) is 10.9. The molecule has 1 aromatic heterocycles. The summed E-state index contributed by atoms with van der Waals surface area (Å²) in [6.45, 7) is 4.63. The lowest BCUT2D eigenvalue weighted by atomic mass is 9.83. The lowest BCUT2D eigenvalue weighted by molar-refractivity contribution is 0.282. The van der Waals surface area contributed by atoms with Gasteiger partial charge in [0.2, 0.25) is 0 Å². The van der Waals surface area contributed by atoms with E-state index >= 15 is 0 Å². The molecule has 2 rings (SSSR count). The zero-order chi connectivity index (χ0) is 11.9. The van der Waals surface area contributed by atoms with Gasteiger partial charge >= 0.3 is 0 Å². The molecule has 1 aliphatic rings. The average Bonchev–Trinajstić information content (AvgIpc) is 2.38. The highest BCUT2D eigenvalue weighted by Gasteiger charge is 2.17. The number of hydrogen-bond acceptors (Lipinski definition) is 2. The van der Waals surface area contributed by atoms with Gasteiger partial charge in [-0.2, -0.15) is 0 Å². The van der Waals surface area contributed by atoms with E-state index in [2.05, 4.69) is 29.4 Å². The van der Waals surface area contributed by atoms with Gasteiger partial charge in [0.1, 0.15) is 0 Å². The van der Waals surface area contributed by atoms with Gasteiger partial charge in [-0.05, 0) is 43.4 Å². The van der Waals surface area contributed by atoms with E-state index in [1.165, 1.54) is 37.9 Å². The van der Waals surface area contributed by atoms with Crippen molar-refractivity contribution < 1.29 is 0 Å². The molecule has 2 nitrogen and oxygen atoms in total. The van der Waals surface area contributed by atoms with Crippen molar-refractivity contribution in [2.75, 3.05) is 13.1 Å². The Morgan fingerprint density at radius 2 is 2.06 bits per heavy atom. The minimum atomic E-state index is 0.912. The summed E-state index contributed by atoms with van der Waals surface area (Å²) in [5.41, 5.74) is 1.19. The van der Waals surface area contributed by atoms with Crippen molar-refractivity contribution in [3.05, 3.63) is 30.1 Å². The molecule has 0 atom stereocenters. The highest BCUT2D eigenvalue weighted by molar-refractivity contribution is 5.03. The minimum absolute atomic E-state index is 0.912. The van der Waals surface area contributed by atoms with E-state index in [4.69, 9.17) is 0 Å². The topological polar surface area (TPSA) is 24.9 Å². The van der Waals surface area contributed by atoms with Crippen LogP contribution in [-0.2, 0) is 6.42 Å². The highest BCUT2D eigenvalue weighted by Crippen LogP contribution is 2.27. The molecule has 1 fully saturated rings. The van der Waals surface area contributed by atoms with Crippen molar-refractivity contribution in [1.29, 1.82) is 0 Å². The second kappa shape index (κ2) is 6.75. The van der Waals surface area contributed by atoms with E-state index in [0.29, 0.717) is 0 Å². The predicted octanol–water partition coefficient (Wildman–Crippen LogP) is 3.04. The molecule has 0 radical (unpaired) electrons. The third kappa shape index (κ3) is 4.47. The molecule has 1 aliphatic carbocycles. The Kier molecular flexibility index (Phi) is 4.99. The minimum Gasteiger partial charge on any atom is -0.316 e. The lowest BCUT2D eigenvalue weighted by Gasteiger charge is -2.26. The van der Waals surface area contributed by atoms with Crippen LogP contribution < -0.4 is 5.32 Å². The molecule has 1 N–H and O–H groups in total. The largest absolute Gasteiger partial charge is 0.316 e. The van der Waals surface area contributed by atoms with E-state index in [1.807, 2.05) is 12.3 Å². The summed E-state index contributed by atoms with van der Waals surface area (Å²) in [5.74, 6) is 1.87. The molecular formula is C15H24N2. The summed E-state index contributed by atoms with van der Waals surface area (Å²) in [4.78, 5) is 4.33. The van der Waals surface area contributed by atoms with Gasteiger partial charge in [-0.3, -0.25) is 4.98 Å². The Bertz CT molecular complexity index is 302. The number of nitrogens with one attached hydrogen (secondary N) is 1. The Hall–Kier alpha value is -0.890. The van der Waals surface area contributed by atoms with E-state index in [1.54, 1.807) is 0 Å². The Morgan fingerprint density at radius 3 is 2.76 bits per heavy atom. The van der Waals surface area contributed by atoms with Crippen LogP contribution in [-0.4, -0.2) is 18.1 Å². The summed E-state index contributed by atoms with van der Waals surface area (Å²) in [6.07, 6.45) is 8.59. The van der Waals surface area contributed by atoms with Crippen molar-refractivity contribution in [3.63, 3.8) is 0 Å². The molecular weight excluding hydrogens is 208 g/mol. The van der Waals surface area contributed by atoms with Gasteiger partial charge in [0.15, 0.2) is 0 Å². The number of nitrogens with zero attached hydrogens (tertiary/aromatic N) is 1. The van der Waals surface area contributed by atoms with Gasteiger partial charge in [0, 0.05) is 24.9 Å². The molecule has 1 saturated carbocycles. The van der Waals surface area contributed by atoms with Crippen LogP contribution in [0.1, 0.15) is 38.3 Å². The lowest BCUT2D eigenvalue weighted by Crippen LogP contribution is -2.27. The molecule has 0 bridgehead atoms. The van der Waals surface area contributed by atoms with Gasteiger partial charge in [-0.25, -0.2) is 0 Å². The maximum atomic E-state index is 4.33. The summed E-state index contributed by atoms with van der Waals surface area (Å²) in [5, 5.41) is 3.58. The van der Waals surface area contributed by atoms with Crippen LogP contribution in [0.5, 0.6) is 0 Å². The van der Waals surface area contributed by atoms with Crippen LogP contribution in [0.15, 0.2) is 24.4 Å². The summed E-state index contributed by atoms with van der Waals surface area (Å²) >= 11 is 0. The molecule has 94 valence electrons. The third-order valence-electron chi connectivity index (χ3n) is 3.85. The van der Waals surface area contributed by atoms with E-state index in [0.717, 1.165) is 24.8 Å². The summed E-state index contributed by atoms with van der Waals surface area (Å²) < 4.78 is 0. The number of rotatable bonds is 5. The normalized spacial score (nSPS) is 24.8. The zero-order valence-electron chi connectivity index (χ0n) is 10.9. The molecule has 0 aliphatic heterocycles. The molecule has 0 saturated heterocycles. The standard InChI is InChI=1S/C15H24N2/c1-13-5-7-14(8-6-13)12-16-11-9-15-4-2-3-10-17-15/h2-4,10,13-14,16H,5-9,11-12H2,1H3. The first-order valence-electron chi connectivity index (χ1n) is 6.95. The SMILES string of the molecule is CC1CCC(CNCCc2ccccn2)CC1. The smallest absolute Gasteiger partial charge is 0.0416 e. The van der Waals surface area contributed by atoms with Crippen LogP contribution in [0, 0.1) is 11.8 Å². The summed E-state index contributed by atoms with van der Waals surface area (Å²) in [6, 6.07) is 6.13. The first kappa shape index (κ1) is 12.6. The second-order valence-electron chi connectivity index (χ2n) is 5.40. The van der Waals surface area contributed by atoms with Crippen molar-refractivity contribution >= 4 is 0 Å². The fraction of sp³-hybridized carbons (Fsp3) is 0.667. The fourth-order valence-electron chi connectivity index (χ4n) is 2.60. The molecule has 17 heavy (non-hydrogen) atoms. The van der Waals surface area contributed by atoms with E-state index in [-0.39, 0.29) is 0 Å². The number of aromatic nitrogens is 1. The Balaban J connectivity index is 1.57. The molecule has 0 amide bonds. The van der Waals surface area contributed by atoms with Crippen LogP contribution >= 0.6 is 0 Å². The van der Waals surface area contributed by atoms with Crippen molar-refractivity contribution in [3.8, 4) is 0 Å². The summed E-state index contributed by atoms with van der Waals surface area (Å²) in [7, 11) is 0. The monoisotopic (exact) mass is 232 g/mol. The van der Waals surface area contributed by atoms with Gasteiger partial charge < -0.3 is 5.32 Å². The van der Waals surface area contributed by atoms with Gasteiger partial charge in [0.25, 0.3) is 0 Å². The average molecular weight is 232 g/mol. The van der Waals surface area contributed by atoms with Crippen LogP contribution in [0.25, 0.3) is 0 Å². The first-order valence-corrected chi connectivity index (χ1v) is 6.95. The van der Waals surface area contributed by atoms with Gasteiger partial charge in [0.05, 0.1) is 0 Å². The van der Waals surface area contributed by atoms with Gasteiger partial charge in [-0.15, -0.1) is 0 Å². The Morgan fingerprint density at radius 1 is 1.24 bits per heavy atom. The maximum Gasteiger partial charge on any atom is 0.0416 e. The maximum absolute atomic E-state index is 4.33. The second-order valence-corrected chi connectivity index (χ2v) is 5.40. The van der Waals surface area contributed by atoms with Gasteiger partial charge in [-0.1, -0.05) is 25.8 Å². The highest BCUT2D eigenvalue weighted by atomic mass is 14.9. The molecule has 0 unspecified atom stereocenters. The first-order chi connectivity index (χ1) is 8.34. The Labute approximate surface area is 105 Å². The molecule has 1 aromatic rings. The molecule has 1 heterocycles. The van der Waals surface area contributed by atoms with E-state index < -0.39 is 0 Å². The van der Waals surface area contributed by atoms with Crippen molar-refractivity contribution in [2.24, 2.45) is 11.8 Å². The van der Waals surface area contributed by atoms with Crippen LogP contribution in [0.4, 0.5) is 0 Å². The number of hydrogen-bond donors (Lipinski definition) is 1. The van der Waals surface area contributed by atoms with Crippen LogP contribution in [0.2, 0.25) is 0 Å². The fourth-order valence-corrected chi connectivity index (χ4v) is 2.60. The molecule has 0 spiro atoms. The quantitative estimate of drug-likeness (QED) is 0.789. The molecule has 2 heteroatoms.